The Hall–Kier alpha value is -1.02. The molecule has 0 bridgehead atoms. The summed E-state index contributed by atoms with van der Waals surface area (Å²) in [6, 6.07) is 8.77. The van der Waals surface area contributed by atoms with Crippen LogP contribution in [0.3, 0.4) is 0 Å². The Bertz CT molecular complexity index is 366. The Labute approximate surface area is 104 Å². The van der Waals surface area contributed by atoms with Crippen molar-refractivity contribution in [3.05, 3.63) is 29.8 Å². The highest BCUT2D eigenvalue weighted by Gasteiger charge is 2.29. The molecule has 0 heterocycles. The van der Waals surface area contributed by atoms with E-state index < -0.39 is 0 Å². The van der Waals surface area contributed by atoms with Crippen molar-refractivity contribution >= 4 is 5.69 Å². The molecule has 92 valence electrons. The lowest BCUT2D eigenvalue weighted by atomic mass is 10.1. The van der Waals surface area contributed by atoms with Crippen LogP contribution in [-0.2, 0) is 6.54 Å². The van der Waals surface area contributed by atoms with E-state index in [1.54, 1.807) is 0 Å². The third-order valence-corrected chi connectivity index (χ3v) is 3.86. The normalized spacial score (nSPS) is 19.4. The van der Waals surface area contributed by atoms with Gasteiger partial charge in [-0.2, -0.15) is 0 Å². The molecule has 2 saturated carbocycles. The van der Waals surface area contributed by atoms with Gasteiger partial charge in [-0.15, -0.1) is 0 Å². The summed E-state index contributed by atoms with van der Waals surface area (Å²) < 4.78 is 0. The van der Waals surface area contributed by atoms with Crippen molar-refractivity contribution < 1.29 is 0 Å². The number of hydrogen-bond donors (Lipinski definition) is 1. The van der Waals surface area contributed by atoms with Gasteiger partial charge in [0, 0.05) is 25.3 Å². The number of hydrogen-bond acceptors (Lipinski definition) is 2. The molecule has 0 atom stereocenters. The fourth-order valence-corrected chi connectivity index (χ4v) is 2.39. The largest absolute Gasteiger partial charge is 0.371 e. The van der Waals surface area contributed by atoms with Crippen LogP contribution in [0.2, 0.25) is 0 Å². The first-order valence-electron chi connectivity index (χ1n) is 6.89. The molecule has 0 radical (unpaired) electrons. The molecule has 0 aromatic heterocycles. The molecular formula is C15H22N2. The average Bonchev–Trinajstić information content (AvgIpc) is 3.23. The fourth-order valence-electron chi connectivity index (χ4n) is 2.39. The highest BCUT2D eigenvalue weighted by Crippen LogP contribution is 2.35. The molecule has 1 aromatic rings. The van der Waals surface area contributed by atoms with Gasteiger partial charge in [-0.3, -0.25) is 0 Å². The van der Waals surface area contributed by atoms with Gasteiger partial charge in [0.1, 0.15) is 0 Å². The lowest BCUT2D eigenvalue weighted by molar-refractivity contribution is 0.679. The lowest BCUT2D eigenvalue weighted by Crippen LogP contribution is -2.28. The van der Waals surface area contributed by atoms with Gasteiger partial charge in [0.2, 0.25) is 0 Å². The molecule has 0 unspecified atom stereocenters. The molecule has 2 fully saturated rings. The van der Waals surface area contributed by atoms with Crippen molar-refractivity contribution in [1.29, 1.82) is 0 Å². The number of rotatable bonds is 6. The zero-order valence-electron chi connectivity index (χ0n) is 10.4. The molecule has 3 rings (SSSR count). The smallest absolute Gasteiger partial charge is 0.0369 e. The number of anilines is 1. The van der Waals surface area contributed by atoms with E-state index in [0.717, 1.165) is 11.8 Å². The zero-order valence-corrected chi connectivity index (χ0v) is 10.4. The third kappa shape index (κ3) is 3.01. The van der Waals surface area contributed by atoms with Gasteiger partial charge in [0.25, 0.3) is 0 Å². The van der Waals surface area contributed by atoms with Crippen LogP contribution in [0.25, 0.3) is 0 Å². The first-order chi connectivity index (χ1) is 8.35. The summed E-state index contributed by atoms with van der Waals surface area (Å²) in [5, 5.41) is 0. The second-order valence-corrected chi connectivity index (χ2v) is 5.67. The van der Waals surface area contributed by atoms with Gasteiger partial charge in [-0.1, -0.05) is 12.1 Å². The molecular weight excluding hydrogens is 208 g/mol. The van der Waals surface area contributed by atoms with Gasteiger partial charge in [-0.05, 0) is 55.2 Å². The Kier molecular flexibility index (Phi) is 3.06. The predicted molar refractivity (Wildman–Crippen MR) is 72.0 cm³/mol. The third-order valence-electron chi connectivity index (χ3n) is 3.86. The highest BCUT2D eigenvalue weighted by atomic mass is 15.1. The van der Waals surface area contributed by atoms with Crippen LogP contribution in [0, 0.1) is 11.8 Å². The molecule has 2 nitrogen and oxygen atoms in total. The number of benzene rings is 1. The maximum Gasteiger partial charge on any atom is 0.0369 e. The Morgan fingerprint density at radius 2 is 1.71 bits per heavy atom. The lowest BCUT2D eigenvalue weighted by Gasteiger charge is -2.25. The van der Waals surface area contributed by atoms with Crippen molar-refractivity contribution in [1.82, 2.24) is 0 Å². The second-order valence-electron chi connectivity index (χ2n) is 5.67. The molecule has 2 aliphatic carbocycles. The van der Waals surface area contributed by atoms with Crippen LogP contribution >= 0.6 is 0 Å². The van der Waals surface area contributed by atoms with Crippen LogP contribution in [0.1, 0.15) is 31.2 Å². The van der Waals surface area contributed by atoms with Crippen molar-refractivity contribution in [3.8, 4) is 0 Å². The van der Waals surface area contributed by atoms with E-state index in [1.165, 1.54) is 50.0 Å². The molecule has 0 aliphatic heterocycles. The molecule has 17 heavy (non-hydrogen) atoms. The summed E-state index contributed by atoms with van der Waals surface area (Å²) in [6.45, 7) is 3.16. The maximum absolute atomic E-state index is 5.73. The summed E-state index contributed by atoms with van der Waals surface area (Å²) in [6.07, 6.45) is 5.71. The number of nitrogens with zero attached hydrogens (tertiary/aromatic N) is 1. The van der Waals surface area contributed by atoms with Crippen molar-refractivity contribution in [3.63, 3.8) is 0 Å². The van der Waals surface area contributed by atoms with E-state index in [-0.39, 0.29) is 0 Å². The van der Waals surface area contributed by atoms with Crippen molar-refractivity contribution in [2.45, 2.75) is 32.2 Å². The quantitative estimate of drug-likeness (QED) is 0.814. The Balaban J connectivity index is 1.73. The van der Waals surface area contributed by atoms with Gasteiger partial charge in [0.15, 0.2) is 0 Å². The maximum atomic E-state index is 5.73. The summed E-state index contributed by atoms with van der Waals surface area (Å²) in [5.41, 5.74) is 8.36. The van der Waals surface area contributed by atoms with Gasteiger partial charge < -0.3 is 10.6 Å². The fraction of sp³-hybridized carbons (Fsp3) is 0.600. The van der Waals surface area contributed by atoms with Crippen LogP contribution in [0.4, 0.5) is 5.69 Å². The van der Waals surface area contributed by atoms with E-state index in [2.05, 4.69) is 29.2 Å². The average molecular weight is 230 g/mol. The summed E-state index contributed by atoms with van der Waals surface area (Å²) in [7, 11) is 0. The van der Waals surface area contributed by atoms with Crippen LogP contribution in [0.5, 0.6) is 0 Å². The van der Waals surface area contributed by atoms with Gasteiger partial charge in [0.05, 0.1) is 0 Å². The summed E-state index contributed by atoms with van der Waals surface area (Å²) in [5.74, 6) is 1.91. The Morgan fingerprint density at radius 3 is 2.24 bits per heavy atom. The first kappa shape index (κ1) is 11.1. The molecule has 0 saturated heterocycles. The van der Waals surface area contributed by atoms with E-state index in [9.17, 15) is 0 Å². The van der Waals surface area contributed by atoms with Crippen LogP contribution in [-0.4, -0.2) is 13.1 Å². The molecule has 2 N–H and O–H groups in total. The van der Waals surface area contributed by atoms with Crippen molar-refractivity contribution in [2.75, 3.05) is 18.0 Å². The number of nitrogens with two attached hydrogens (primary N) is 1. The molecule has 2 aliphatic rings. The van der Waals surface area contributed by atoms with E-state index in [4.69, 9.17) is 5.73 Å². The first-order valence-corrected chi connectivity index (χ1v) is 6.89. The Morgan fingerprint density at radius 1 is 1.06 bits per heavy atom. The van der Waals surface area contributed by atoms with E-state index >= 15 is 0 Å². The second kappa shape index (κ2) is 4.69. The highest BCUT2D eigenvalue weighted by molar-refractivity contribution is 5.49. The van der Waals surface area contributed by atoms with Crippen LogP contribution < -0.4 is 10.6 Å². The standard InChI is InChI=1S/C15H22N2/c16-9-14-2-1-3-15(8-14)17(10-12-4-5-12)11-13-6-7-13/h1-3,8,12-13H,4-7,9-11,16H2. The van der Waals surface area contributed by atoms with Gasteiger partial charge in [-0.25, -0.2) is 0 Å². The SMILES string of the molecule is NCc1cccc(N(CC2CC2)CC2CC2)c1. The summed E-state index contributed by atoms with van der Waals surface area (Å²) in [4.78, 5) is 2.59. The van der Waals surface area contributed by atoms with Crippen LogP contribution in [0.15, 0.2) is 24.3 Å². The van der Waals surface area contributed by atoms with Crippen molar-refractivity contribution in [2.24, 2.45) is 17.6 Å². The molecule has 1 aromatic carbocycles. The molecule has 0 spiro atoms. The molecule has 0 amide bonds. The molecule has 2 heteroatoms. The minimum Gasteiger partial charge on any atom is -0.371 e. The van der Waals surface area contributed by atoms with Gasteiger partial charge >= 0.3 is 0 Å². The predicted octanol–water partition coefficient (Wildman–Crippen LogP) is 2.77. The van der Waals surface area contributed by atoms with E-state index in [1.807, 2.05) is 0 Å². The minimum absolute atomic E-state index is 0.647. The monoisotopic (exact) mass is 230 g/mol. The minimum atomic E-state index is 0.647. The zero-order chi connectivity index (χ0) is 11.7. The summed E-state index contributed by atoms with van der Waals surface area (Å²) >= 11 is 0. The topological polar surface area (TPSA) is 29.3 Å². The van der Waals surface area contributed by atoms with E-state index in [0.29, 0.717) is 6.54 Å².